The number of amidine groups is 1. The molecule has 5 nitrogen and oxygen atoms in total. The van der Waals surface area contributed by atoms with Crippen LogP contribution in [-0.4, -0.2) is 22.6 Å². The fourth-order valence-corrected chi connectivity index (χ4v) is 2.01. The monoisotopic (exact) mass is 270 g/mol. The molecular formula is C15H18N4O. The Balaban J connectivity index is 1.99. The van der Waals surface area contributed by atoms with Crippen molar-refractivity contribution in [1.29, 1.82) is 0 Å². The number of rotatable bonds is 6. The first-order valence-corrected chi connectivity index (χ1v) is 6.43. The van der Waals surface area contributed by atoms with Gasteiger partial charge in [-0.25, -0.2) is 0 Å². The fourth-order valence-electron chi connectivity index (χ4n) is 2.01. The standard InChI is InChI=1S/C15H18N4O/c16-15(19-20)14(13-6-2-1-3-7-13)11-18-10-12-5-4-8-17-9-12/h1-9,14,18,20H,10-11H2,(H2,16,19). The third kappa shape index (κ3) is 3.80. The van der Waals surface area contributed by atoms with Gasteiger partial charge in [-0.1, -0.05) is 41.6 Å². The van der Waals surface area contributed by atoms with Gasteiger partial charge in [-0.2, -0.15) is 0 Å². The maximum Gasteiger partial charge on any atom is 0.147 e. The molecule has 0 aliphatic rings. The lowest BCUT2D eigenvalue weighted by atomic mass is 9.98. The van der Waals surface area contributed by atoms with Gasteiger partial charge in [0.25, 0.3) is 0 Å². The lowest BCUT2D eigenvalue weighted by Gasteiger charge is -2.16. The van der Waals surface area contributed by atoms with Gasteiger partial charge in [0.2, 0.25) is 0 Å². The molecule has 0 spiro atoms. The van der Waals surface area contributed by atoms with Crippen LogP contribution in [0.2, 0.25) is 0 Å². The number of hydrogen-bond acceptors (Lipinski definition) is 4. The van der Waals surface area contributed by atoms with Crippen LogP contribution in [0, 0.1) is 0 Å². The molecule has 0 amide bonds. The molecular weight excluding hydrogens is 252 g/mol. The van der Waals surface area contributed by atoms with Crippen molar-refractivity contribution in [3.8, 4) is 0 Å². The minimum atomic E-state index is -0.155. The van der Waals surface area contributed by atoms with Crippen molar-refractivity contribution in [3.63, 3.8) is 0 Å². The summed E-state index contributed by atoms with van der Waals surface area (Å²) in [6.07, 6.45) is 3.56. The second-order valence-electron chi connectivity index (χ2n) is 4.48. The van der Waals surface area contributed by atoms with Crippen molar-refractivity contribution in [3.05, 3.63) is 66.0 Å². The smallest absolute Gasteiger partial charge is 0.147 e. The number of nitrogens with zero attached hydrogens (tertiary/aromatic N) is 2. The second-order valence-corrected chi connectivity index (χ2v) is 4.48. The van der Waals surface area contributed by atoms with Crippen LogP contribution in [0.3, 0.4) is 0 Å². The Hall–Kier alpha value is -2.40. The molecule has 104 valence electrons. The zero-order chi connectivity index (χ0) is 14.2. The molecule has 2 aromatic rings. The Kier molecular flexibility index (Phi) is 5.08. The van der Waals surface area contributed by atoms with E-state index >= 15 is 0 Å². The normalized spacial score (nSPS) is 13.1. The summed E-state index contributed by atoms with van der Waals surface area (Å²) in [5.74, 6) is 0.0489. The molecule has 0 aliphatic carbocycles. The molecule has 20 heavy (non-hydrogen) atoms. The van der Waals surface area contributed by atoms with Crippen LogP contribution in [0.1, 0.15) is 17.0 Å². The van der Waals surface area contributed by atoms with Gasteiger partial charge in [-0.05, 0) is 17.2 Å². The fraction of sp³-hybridized carbons (Fsp3) is 0.200. The third-order valence-electron chi connectivity index (χ3n) is 3.07. The highest BCUT2D eigenvalue weighted by Gasteiger charge is 2.15. The third-order valence-corrected chi connectivity index (χ3v) is 3.07. The van der Waals surface area contributed by atoms with E-state index in [1.165, 1.54) is 0 Å². The van der Waals surface area contributed by atoms with Gasteiger partial charge in [0, 0.05) is 25.5 Å². The summed E-state index contributed by atoms with van der Waals surface area (Å²) in [6, 6.07) is 13.7. The van der Waals surface area contributed by atoms with Gasteiger partial charge in [0.1, 0.15) is 5.84 Å². The highest BCUT2D eigenvalue weighted by Crippen LogP contribution is 2.15. The Labute approximate surface area is 118 Å². The summed E-state index contributed by atoms with van der Waals surface area (Å²) in [5.41, 5.74) is 7.89. The van der Waals surface area contributed by atoms with Crippen LogP contribution in [0.5, 0.6) is 0 Å². The first-order valence-electron chi connectivity index (χ1n) is 6.43. The number of pyridine rings is 1. The van der Waals surface area contributed by atoms with Crippen LogP contribution in [0.4, 0.5) is 0 Å². The highest BCUT2D eigenvalue weighted by molar-refractivity contribution is 5.87. The van der Waals surface area contributed by atoms with Crippen molar-refractivity contribution in [1.82, 2.24) is 10.3 Å². The van der Waals surface area contributed by atoms with E-state index in [1.807, 2.05) is 48.7 Å². The predicted octanol–water partition coefficient (Wildman–Crippen LogP) is 1.70. The molecule has 1 heterocycles. The summed E-state index contributed by atoms with van der Waals surface area (Å²) in [4.78, 5) is 4.06. The Bertz CT molecular complexity index is 542. The largest absolute Gasteiger partial charge is 0.409 e. The summed E-state index contributed by atoms with van der Waals surface area (Å²) >= 11 is 0. The zero-order valence-corrected chi connectivity index (χ0v) is 11.1. The summed E-state index contributed by atoms with van der Waals surface area (Å²) in [7, 11) is 0. The molecule has 0 aliphatic heterocycles. The van der Waals surface area contributed by atoms with Gasteiger partial charge in [-0.15, -0.1) is 0 Å². The minimum absolute atomic E-state index is 0.155. The van der Waals surface area contributed by atoms with E-state index in [9.17, 15) is 0 Å². The summed E-state index contributed by atoms with van der Waals surface area (Å²) in [6.45, 7) is 1.28. The van der Waals surface area contributed by atoms with Crippen LogP contribution >= 0.6 is 0 Å². The molecule has 0 bridgehead atoms. The van der Waals surface area contributed by atoms with Crippen molar-refractivity contribution in [2.75, 3.05) is 6.54 Å². The van der Waals surface area contributed by atoms with Gasteiger partial charge < -0.3 is 16.3 Å². The SMILES string of the molecule is NC(=NO)C(CNCc1cccnc1)c1ccccc1. The molecule has 0 saturated carbocycles. The lowest BCUT2D eigenvalue weighted by molar-refractivity contribution is 0.315. The number of benzene rings is 1. The van der Waals surface area contributed by atoms with E-state index in [0.29, 0.717) is 13.1 Å². The van der Waals surface area contributed by atoms with Crippen LogP contribution in [0.15, 0.2) is 60.0 Å². The number of nitrogens with two attached hydrogens (primary N) is 1. The van der Waals surface area contributed by atoms with Gasteiger partial charge in [0.05, 0.1) is 5.92 Å². The van der Waals surface area contributed by atoms with Crippen molar-refractivity contribution < 1.29 is 5.21 Å². The molecule has 1 atom stereocenters. The van der Waals surface area contributed by atoms with Crippen molar-refractivity contribution in [2.24, 2.45) is 10.9 Å². The minimum Gasteiger partial charge on any atom is -0.409 e. The molecule has 5 heteroatoms. The van der Waals surface area contributed by atoms with Gasteiger partial charge >= 0.3 is 0 Å². The average molecular weight is 270 g/mol. The quantitative estimate of drug-likeness (QED) is 0.323. The summed E-state index contributed by atoms with van der Waals surface area (Å²) in [5, 5.41) is 15.3. The number of nitrogens with one attached hydrogen (secondary N) is 1. The summed E-state index contributed by atoms with van der Waals surface area (Å²) < 4.78 is 0. The van der Waals surface area contributed by atoms with Gasteiger partial charge in [0.15, 0.2) is 0 Å². The first kappa shape index (κ1) is 14.0. The maximum atomic E-state index is 8.91. The van der Waals surface area contributed by atoms with Crippen LogP contribution in [-0.2, 0) is 6.54 Å². The van der Waals surface area contributed by atoms with E-state index in [1.54, 1.807) is 6.20 Å². The van der Waals surface area contributed by atoms with E-state index in [-0.39, 0.29) is 11.8 Å². The molecule has 1 unspecified atom stereocenters. The lowest BCUT2D eigenvalue weighted by Crippen LogP contribution is -2.31. The van der Waals surface area contributed by atoms with Crippen LogP contribution < -0.4 is 11.1 Å². The van der Waals surface area contributed by atoms with E-state index in [4.69, 9.17) is 10.9 Å². The number of oxime groups is 1. The topological polar surface area (TPSA) is 83.5 Å². The Morgan fingerprint density at radius 3 is 2.70 bits per heavy atom. The van der Waals surface area contributed by atoms with E-state index < -0.39 is 0 Å². The first-order chi connectivity index (χ1) is 9.81. The molecule has 4 N–H and O–H groups in total. The van der Waals surface area contributed by atoms with Crippen molar-refractivity contribution >= 4 is 5.84 Å². The number of hydrogen-bond donors (Lipinski definition) is 3. The number of aromatic nitrogens is 1. The second kappa shape index (κ2) is 7.25. The Morgan fingerprint density at radius 1 is 1.25 bits per heavy atom. The molecule has 0 saturated heterocycles. The highest BCUT2D eigenvalue weighted by atomic mass is 16.4. The van der Waals surface area contributed by atoms with E-state index in [0.717, 1.165) is 11.1 Å². The van der Waals surface area contributed by atoms with Crippen LogP contribution in [0.25, 0.3) is 0 Å². The zero-order valence-electron chi connectivity index (χ0n) is 11.1. The van der Waals surface area contributed by atoms with E-state index in [2.05, 4.69) is 15.5 Å². The molecule has 0 radical (unpaired) electrons. The predicted molar refractivity (Wildman–Crippen MR) is 78.5 cm³/mol. The van der Waals surface area contributed by atoms with Crippen molar-refractivity contribution in [2.45, 2.75) is 12.5 Å². The molecule has 2 rings (SSSR count). The molecule has 0 fully saturated rings. The molecule has 1 aromatic heterocycles. The van der Waals surface area contributed by atoms with Gasteiger partial charge in [-0.3, -0.25) is 4.98 Å². The molecule has 1 aromatic carbocycles. The Morgan fingerprint density at radius 2 is 2.05 bits per heavy atom. The average Bonchev–Trinajstić information content (AvgIpc) is 2.53. The maximum absolute atomic E-state index is 8.91.